The molecule has 1 amide bonds. The van der Waals surface area contributed by atoms with Gasteiger partial charge in [-0.15, -0.1) is 0 Å². The molecule has 0 unspecified atom stereocenters. The molecule has 20 heavy (non-hydrogen) atoms. The van der Waals surface area contributed by atoms with Crippen LogP contribution in [-0.2, 0) is 0 Å². The molecule has 1 aliphatic carbocycles. The molecule has 0 bridgehead atoms. The molecular weight excluding hydrogens is 250 g/mol. The van der Waals surface area contributed by atoms with Crippen molar-refractivity contribution in [3.05, 3.63) is 54.0 Å². The Labute approximate surface area is 119 Å². The van der Waals surface area contributed by atoms with E-state index in [0.717, 1.165) is 5.69 Å². The van der Waals surface area contributed by atoms with Gasteiger partial charge in [-0.05, 0) is 42.5 Å². The Morgan fingerprint density at radius 1 is 1.05 bits per heavy atom. The number of carbonyl (C=O) groups is 1. The van der Waals surface area contributed by atoms with Crippen LogP contribution in [0.3, 0.4) is 0 Å². The van der Waals surface area contributed by atoms with Gasteiger partial charge in [0.1, 0.15) is 6.26 Å². The highest BCUT2D eigenvalue weighted by Crippen LogP contribution is 2.32. The molecule has 1 saturated carbocycles. The van der Waals surface area contributed by atoms with Crippen molar-refractivity contribution in [2.75, 3.05) is 5.32 Å². The van der Waals surface area contributed by atoms with Gasteiger partial charge in [-0.3, -0.25) is 4.79 Å². The summed E-state index contributed by atoms with van der Waals surface area (Å²) in [4.78, 5) is 11.9. The minimum absolute atomic E-state index is 0.135. The third-order valence-electron chi connectivity index (χ3n) is 4.03. The highest BCUT2D eigenvalue weighted by atomic mass is 16.3. The first kappa shape index (κ1) is 13.0. The zero-order chi connectivity index (χ0) is 13.8. The van der Waals surface area contributed by atoms with E-state index in [1.165, 1.54) is 50.2 Å². The number of hydrogen-bond acceptors (Lipinski definition) is 2. The van der Waals surface area contributed by atoms with E-state index >= 15 is 0 Å². The summed E-state index contributed by atoms with van der Waals surface area (Å²) in [5.41, 5.74) is 2.77. The molecule has 1 fully saturated rings. The Kier molecular flexibility index (Phi) is 3.86. The molecular formula is C17H19NO2. The van der Waals surface area contributed by atoms with Crippen molar-refractivity contribution in [2.24, 2.45) is 0 Å². The van der Waals surface area contributed by atoms with Crippen LogP contribution >= 0.6 is 0 Å². The Morgan fingerprint density at radius 3 is 2.45 bits per heavy atom. The van der Waals surface area contributed by atoms with Gasteiger partial charge in [0.05, 0.1) is 11.8 Å². The van der Waals surface area contributed by atoms with Crippen molar-refractivity contribution >= 4 is 11.6 Å². The van der Waals surface area contributed by atoms with Crippen LogP contribution in [0, 0.1) is 0 Å². The summed E-state index contributed by atoms with van der Waals surface area (Å²) < 4.78 is 4.91. The van der Waals surface area contributed by atoms with Crippen molar-refractivity contribution in [3.63, 3.8) is 0 Å². The Morgan fingerprint density at radius 2 is 1.80 bits per heavy atom. The average Bonchev–Trinajstić information content (AvgIpc) is 3.03. The van der Waals surface area contributed by atoms with E-state index in [0.29, 0.717) is 11.5 Å². The Balaban J connectivity index is 1.65. The van der Waals surface area contributed by atoms with Crippen molar-refractivity contribution in [3.8, 4) is 0 Å². The molecule has 1 aromatic heterocycles. The molecule has 0 atom stereocenters. The summed E-state index contributed by atoms with van der Waals surface area (Å²) in [7, 11) is 0. The van der Waals surface area contributed by atoms with Gasteiger partial charge in [-0.25, -0.2) is 0 Å². The molecule has 0 spiro atoms. The van der Waals surface area contributed by atoms with Crippen molar-refractivity contribution in [1.82, 2.24) is 0 Å². The number of nitrogens with one attached hydrogen (secondary N) is 1. The lowest BCUT2D eigenvalue weighted by atomic mass is 9.84. The number of furan rings is 1. The minimum Gasteiger partial charge on any atom is -0.472 e. The van der Waals surface area contributed by atoms with Gasteiger partial charge in [0.15, 0.2) is 0 Å². The van der Waals surface area contributed by atoms with Crippen molar-refractivity contribution in [1.29, 1.82) is 0 Å². The van der Waals surface area contributed by atoms with E-state index in [9.17, 15) is 4.79 Å². The van der Waals surface area contributed by atoms with Crippen LogP contribution in [0.2, 0.25) is 0 Å². The first-order chi connectivity index (χ1) is 9.83. The average molecular weight is 269 g/mol. The van der Waals surface area contributed by atoms with Gasteiger partial charge in [0.25, 0.3) is 5.91 Å². The monoisotopic (exact) mass is 269 g/mol. The SMILES string of the molecule is O=C(Nc1ccc(C2CCCCC2)cc1)c1ccoc1. The highest BCUT2D eigenvalue weighted by Gasteiger charge is 2.15. The quantitative estimate of drug-likeness (QED) is 0.886. The highest BCUT2D eigenvalue weighted by molar-refractivity contribution is 6.03. The number of amides is 1. The second-order valence-corrected chi connectivity index (χ2v) is 5.42. The fraction of sp³-hybridized carbons (Fsp3) is 0.353. The first-order valence-electron chi connectivity index (χ1n) is 7.26. The fourth-order valence-corrected chi connectivity index (χ4v) is 2.87. The molecule has 0 aliphatic heterocycles. The lowest BCUT2D eigenvalue weighted by Crippen LogP contribution is -2.11. The van der Waals surface area contributed by atoms with E-state index in [1.807, 2.05) is 12.1 Å². The Bertz CT molecular complexity index is 551. The number of benzene rings is 1. The summed E-state index contributed by atoms with van der Waals surface area (Å²) in [5.74, 6) is 0.562. The van der Waals surface area contributed by atoms with Crippen LogP contribution < -0.4 is 5.32 Å². The van der Waals surface area contributed by atoms with Gasteiger partial charge in [0.2, 0.25) is 0 Å². The lowest BCUT2D eigenvalue weighted by molar-refractivity contribution is 0.102. The standard InChI is InChI=1S/C17H19NO2/c19-17(15-10-11-20-12-15)18-16-8-6-14(7-9-16)13-4-2-1-3-5-13/h6-13H,1-5H2,(H,18,19). The predicted molar refractivity (Wildman–Crippen MR) is 78.9 cm³/mol. The van der Waals surface area contributed by atoms with Crippen LogP contribution in [-0.4, -0.2) is 5.91 Å². The van der Waals surface area contributed by atoms with E-state index in [1.54, 1.807) is 6.07 Å². The van der Waals surface area contributed by atoms with Crippen molar-refractivity contribution < 1.29 is 9.21 Å². The molecule has 0 radical (unpaired) electrons. The Hall–Kier alpha value is -2.03. The van der Waals surface area contributed by atoms with Crippen LogP contribution in [0.5, 0.6) is 0 Å². The maximum absolute atomic E-state index is 11.9. The maximum Gasteiger partial charge on any atom is 0.258 e. The van der Waals surface area contributed by atoms with E-state index < -0.39 is 0 Å². The number of anilines is 1. The number of rotatable bonds is 3. The molecule has 1 aromatic carbocycles. The minimum atomic E-state index is -0.135. The van der Waals surface area contributed by atoms with Crippen LogP contribution in [0.15, 0.2) is 47.3 Å². The topological polar surface area (TPSA) is 42.2 Å². The second-order valence-electron chi connectivity index (χ2n) is 5.42. The number of carbonyl (C=O) groups excluding carboxylic acids is 1. The molecule has 3 nitrogen and oxygen atoms in total. The van der Waals surface area contributed by atoms with Crippen LogP contribution in [0.25, 0.3) is 0 Å². The maximum atomic E-state index is 11.9. The third kappa shape index (κ3) is 2.93. The first-order valence-corrected chi connectivity index (χ1v) is 7.26. The normalized spacial score (nSPS) is 16.0. The van der Waals surface area contributed by atoms with Crippen LogP contribution in [0.4, 0.5) is 5.69 Å². The van der Waals surface area contributed by atoms with Gasteiger partial charge < -0.3 is 9.73 Å². The molecule has 1 N–H and O–H groups in total. The summed E-state index contributed by atoms with van der Waals surface area (Å²) >= 11 is 0. The van der Waals surface area contributed by atoms with Gasteiger partial charge >= 0.3 is 0 Å². The van der Waals surface area contributed by atoms with Gasteiger partial charge in [0, 0.05) is 5.69 Å². The summed E-state index contributed by atoms with van der Waals surface area (Å²) in [6, 6.07) is 9.91. The largest absolute Gasteiger partial charge is 0.472 e. The molecule has 3 heteroatoms. The fourth-order valence-electron chi connectivity index (χ4n) is 2.87. The molecule has 1 heterocycles. The molecule has 3 rings (SSSR count). The zero-order valence-electron chi connectivity index (χ0n) is 11.5. The summed E-state index contributed by atoms with van der Waals surface area (Å²) in [5, 5.41) is 2.88. The molecule has 1 aliphatic rings. The zero-order valence-corrected chi connectivity index (χ0v) is 11.5. The predicted octanol–water partition coefficient (Wildman–Crippen LogP) is 4.58. The molecule has 0 saturated heterocycles. The third-order valence-corrected chi connectivity index (χ3v) is 4.03. The second kappa shape index (κ2) is 5.95. The summed E-state index contributed by atoms with van der Waals surface area (Å²) in [6.45, 7) is 0. The van der Waals surface area contributed by atoms with Crippen molar-refractivity contribution in [2.45, 2.75) is 38.0 Å². The lowest BCUT2D eigenvalue weighted by Gasteiger charge is -2.22. The summed E-state index contributed by atoms with van der Waals surface area (Å²) in [6.07, 6.45) is 9.58. The molecule has 104 valence electrons. The van der Waals surface area contributed by atoms with E-state index in [2.05, 4.69) is 17.4 Å². The van der Waals surface area contributed by atoms with Gasteiger partial charge in [-0.2, -0.15) is 0 Å². The van der Waals surface area contributed by atoms with Crippen LogP contribution in [0.1, 0.15) is 53.9 Å². The molecule has 2 aromatic rings. The van der Waals surface area contributed by atoms with Gasteiger partial charge in [-0.1, -0.05) is 31.4 Å². The number of hydrogen-bond donors (Lipinski definition) is 1. The van der Waals surface area contributed by atoms with E-state index in [-0.39, 0.29) is 5.91 Å². The smallest absolute Gasteiger partial charge is 0.258 e. The van der Waals surface area contributed by atoms with E-state index in [4.69, 9.17) is 4.42 Å².